The van der Waals surface area contributed by atoms with E-state index in [1.54, 1.807) is 6.92 Å². The number of rotatable bonds is 1. The van der Waals surface area contributed by atoms with Gasteiger partial charge in [-0.2, -0.15) is 0 Å². The molecule has 1 fully saturated rings. The van der Waals surface area contributed by atoms with Crippen molar-refractivity contribution in [1.82, 2.24) is 0 Å². The first-order valence-electron chi connectivity index (χ1n) is 7.48. The molecular formula is C16H22BNO3. The molecule has 0 aliphatic carbocycles. The molecule has 1 aromatic rings. The molecule has 2 aliphatic rings. The predicted octanol–water partition coefficient (Wildman–Crippen LogP) is 1.89. The molecule has 0 unspecified atom stereocenters. The van der Waals surface area contributed by atoms with E-state index in [1.807, 2.05) is 23.1 Å². The molecule has 5 heteroatoms. The minimum Gasteiger partial charge on any atom is -0.399 e. The van der Waals surface area contributed by atoms with Crippen molar-refractivity contribution < 1.29 is 14.1 Å². The van der Waals surface area contributed by atoms with Gasteiger partial charge in [0, 0.05) is 19.2 Å². The Morgan fingerprint density at radius 1 is 1.19 bits per heavy atom. The summed E-state index contributed by atoms with van der Waals surface area (Å²) in [5.74, 6) is 0.0832. The highest BCUT2D eigenvalue weighted by Crippen LogP contribution is 2.37. The number of amides is 1. The molecular weight excluding hydrogens is 265 g/mol. The SMILES string of the molecule is CC(=O)N1CCc2c(B3OC(C)(C)C(C)(C)O3)cccc21. The average molecular weight is 287 g/mol. The summed E-state index contributed by atoms with van der Waals surface area (Å²) in [6, 6.07) is 6.02. The predicted molar refractivity (Wildman–Crippen MR) is 83.9 cm³/mol. The lowest BCUT2D eigenvalue weighted by atomic mass is 9.75. The van der Waals surface area contributed by atoms with Gasteiger partial charge in [-0.3, -0.25) is 4.79 Å². The number of hydrogen-bond donors (Lipinski definition) is 0. The number of hydrogen-bond acceptors (Lipinski definition) is 3. The highest BCUT2D eigenvalue weighted by atomic mass is 16.7. The fraction of sp³-hybridized carbons (Fsp3) is 0.562. The van der Waals surface area contributed by atoms with Crippen LogP contribution in [0.5, 0.6) is 0 Å². The van der Waals surface area contributed by atoms with Gasteiger partial charge >= 0.3 is 7.12 Å². The van der Waals surface area contributed by atoms with Crippen molar-refractivity contribution in [2.75, 3.05) is 11.4 Å². The highest BCUT2D eigenvalue weighted by molar-refractivity contribution is 6.63. The molecule has 3 rings (SSSR count). The molecule has 0 saturated carbocycles. The van der Waals surface area contributed by atoms with E-state index in [1.165, 1.54) is 5.56 Å². The van der Waals surface area contributed by atoms with Crippen LogP contribution in [0.25, 0.3) is 0 Å². The van der Waals surface area contributed by atoms with Crippen molar-refractivity contribution in [3.63, 3.8) is 0 Å². The van der Waals surface area contributed by atoms with Crippen LogP contribution in [0.2, 0.25) is 0 Å². The Hall–Kier alpha value is -1.33. The van der Waals surface area contributed by atoms with Gasteiger partial charge in [0.15, 0.2) is 0 Å². The van der Waals surface area contributed by atoms with Crippen LogP contribution in [0.3, 0.4) is 0 Å². The van der Waals surface area contributed by atoms with Gasteiger partial charge in [-0.15, -0.1) is 0 Å². The Balaban J connectivity index is 1.98. The smallest absolute Gasteiger partial charge is 0.399 e. The minimum absolute atomic E-state index is 0.0832. The first-order chi connectivity index (χ1) is 9.73. The van der Waals surface area contributed by atoms with Gasteiger partial charge in [0.1, 0.15) is 0 Å². The molecule has 1 aromatic carbocycles. The Kier molecular flexibility index (Phi) is 3.19. The average Bonchev–Trinajstić information content (AvgIpc) is 2.88. The summed E-state index contributed by atoms with van der Waals surface area (Å²) in [4.78, 5) is 13.5. The lowest BCUT2D eigenvalue weighted by molar-refractivity contribution is -0.116. The Morgan fingerprint density at radius 2 is 1.81 bits per heavy atom. The van der Waals surface area contributed by atoms with Gasteiger partial charge in [0.2, 0.25) is 5.91 Å². The quantitative estimate of drug-likeness (QED) is 0.740. The summed E-state index contributed by atoms with van der Waals surface area (Å²) in [5, 5.41) is 0. The molecule has 1 saturated heterocycles. The third-order valence-corrected chi connectivity index (χ3v) is 4.95. The molecule has 112 valence electrons. The Morgan fingerprint density at radius 3 is 2.38 bits per heavy atom. The number of nitrogens with zero attached hydrogens (tertiary/aromatic N) is 1. The van der Waals surface area contributed by atoms with E-state index in [4.69, 9.17) is 9.31 Å². The van der Waals surface area contributed by atoms with E-state index >= 15 is 0 Å². The summed E-state index contributed by atoms with van der Waals surface area (Å²) in [6.45, 7) is 10.6. The summed E-state index contributed by atoms with van der Waals surface area (Å²) in [5.41, 5.74) is 2.52. The fourth-order valence-electron chi connectivity index (χ4n) is 2.98. The number of benzene rings is 1. The van der Waals surface area contributed by atoms with E-state index in [-0.39, 0.29) is 24.2 Å². The van der Waals surface area contributed by atoms with E-state index in [9.17, 15) is 4.79 Å². The second-order valence-corrected chi connectivity index (χ2v) is 6.85. The zero-order chi connectivity index (χ0) is 15.4. The zero-order valence-electron chi connectivity index (χ0n) is 13.4. The summed E-state index contributed by atoms with van der Waals surface area (Å²) >= 11 is 0. The second kappa shape index (κ2) is 4.58. The van der Waals surface area contributed by atoms with Gasteiger partial charge in [-0.25, -0.2) is 0 Å². The van der Waals surface area contributed by atoms with Gasteiger partial charge in [-0.1, -0.05) is 12.1 Å². The van der Waals surface area contributed by atoms with Crippen LogP contribution in [0.15, 0.2) is 18.2 Å². The van der Waals surface area contributed by atoms with Gasteiger partial charge in [0.25, 0.3) is 0 Å². The Labute approximate surface area is 126 Å². The number of carbonyl (C=O) groups excluding carboxylic acids is 1. The normalized spacial score (nSPS) is 22.5. The third kappa shape index (κ3) is 2.19. The van der Waals surface area contributed by atoms with E-state index in [2.05, 4.69) is 27.7 Å². The van der Waals surface area contributed by atoms with E-state index in [0.29, 0.717) is 0 Å². The van der Waals surface area contributed by atoms with Crippen LogP contribution < -0.4 is 10.4 Å². The fourth-order valence-corrected chi connectivity index (χ4v) is 2.98. The van der Waals surface area contributed by atoms with Crippen molar-refractivity contribution in [3.8, 4) is 0 Å². The Bertz CT molecular complexity index is 581. The summed E-state index contributed by atoms with van der Waals surface area (Å²) < 4.78 is 12.3. The van der Waals surface area contributed by atoms with Crippen LogP contribution in [0.1, 0.15) is 40.2 Å². The van der Waals surface area contributed by atoms with Crippen molar-refractivity contribution in [1.29, 1.82) is 0 Å². The van der Waals surface area contributed by atoms with Gasteiger partial charge < -0.3 is 14.2 Å². The molecule has 0 aromatic heterocycles. The third-order valence-electron chi connectivity index (χ3n) is 4.95. The summed E-state index contributed by atoms with van der Waals surface area (Å²) in [6.07, 6.45) is 0.856. The molecule has 21 heavy (non-hydrogen) atoms. The van der Waals surface area contributed by atoms with Crippen molar-refractivity contribution in [3.05, 3.63) is 23.8 Å². The van der Waals surface area contributed by atoms with Gasteiger partial charge in [0.05, 0.1) is 11.2 Å². The van der Waals surface area contributed by atoms with Crippen molar-refractivity contribution in [2.45, 2.75) is 52.2 Å². The number of anilines is 1. The zero-order valence-corrected chi connectivity index (χ0v) is 13.4. The maximum absolute atomic E-state index is 11.7. The first kappa shape index (κ1) is 14.6. The first-order valence-corrected chi connectivity index (χ1v) is 7.48. The standard InChI is InChI=1S/C16H22BNO3/c1-11(19)18-10-9-12-13(7-6-8-14(12)18)17-20-15(2,3)16(4,5)21-17/h6-8H,9-10H2,1-5H3. The molecule has 2 heterocycles. The van der Waals surface area contributed by atoms with Gasteiger partial charge in [-0.05, 0) is 51.2 Å². The highest BCUT2D eigenvalue weighted by Gasteiger charge is 2.52. The molecule has 0 atom stereocenters. The van der Waals surface area contributed by atoms with E-state index < -0.39 is 0 Å². The lowest BCUT2D eigenvalue weighted by Crippen LogP contribution is -2.41. The maximum Gasteiger partial charge on any atom is 0.495 e. The molecule has 1 amide bonds. The van der Waals surface area contributed by atoms with Crippen LogP contribution in [0, 0.1) is 0 Å². The number of carbonyl (C=O) groups is 1. The van der Waals surface area contributed by atoms with Crippen LogP contribution >= 0.6 is 0 Å². The molecule has 2 aliphatic heterocycles. The topological polar surface area (TPSA) is 38.8 Å². The molecule has 0 N–H and O–H groups in total. The maximum atomic E-state index is 11.7. The van der Waals surface area contributed by atoms with Crippen molar-refractivity contribution in [2.24, 2.45) is 0 Å². The molecule has 0 radical (unpaired) electrons. The van der Waals surface area contributed by atoms with Crippen LogP contribution in [-0.4, -0.2) is 30.8 Å². The summed E-state index contributed by atoms with van der Waals surface area (Å²) in [7, 11) is -0.364. The largest absolute Gasteiger partial charge is 0.495 e. The van der Waals surface area contributed by atoms with Crippen LogP contribution in [0.4, 0.5) is 5.69 Å². The van der Waals surface area contributed by atoms with Crippen LogP contribution in [-0.2, 0) is 20.5 Å². The lowest BCUT2D eigenvalue weighted by Gasteiger charge is -2.32. The molecule has 4 nitrogen and oxygen atoms in total. The minimum atomic E-state index is -0.364. The number of fused-ring (bicyclic) bond motifs is 1. The monoisotopic (exact) mass is 287 g/mol. The second-order valence-electron chi connectivity index (χ2n) is 6.85. The molecule has 0 bridgehead atoms. The van der Waals surface area contributed by atoms with E-state index in [0.717, 1.165) is 24.1 Å². The molecule has 0 spiro atoms. The van der Waals surface area contributed by atoms with Crippen molar-refractivity contribution >= 4 is 24.2 Å².